The van der Waals surface area contributed by atoms with Crippen LogP contribution in [0.2, 0.25) is 0 Å². The Hall–Kier alpha value is -1.40. The molecule has 0 aliphatic heterocycles. The highest BCUT2D eigenvalue weighted by atomic mass is 79.9. The molecule has 0 saturated carbocycles. The Balaban J connectivity index is 3.14. The van der Waals surface area contributed by atoms with Crippen molar-refractivity contribution in [3.05, 3.63) is 35.9 Å². The molecule has 0 radical (unpaired) electrons. The Bertz CT molecular complexity index is 556. The predicted molar refractivity (Wildman–Crippen MR) is 96.6 cm³/mol. The zero-order valence-electron chi connectivity index (χ0n) is 14.9. The minimum Gasteiger partial charge on any atom is -0.456 e. The number of rotatable bonds is 7. The van der Waals surface area contributed by atoms with Crippen molar-refractivity contribution in [1.82, 2.24) is 5.32 Å². The first kappa shape index (κ1) is 20.6. The van der Waals surface area contributed by atoms with E-state index in [4.69, 9.17) is 9.47 Å². The average Bonchev–Trinajstić information content (AvgIpc) is 2.49. The Morgan fingerprint density at radius 1 is 1.21 bits per heavy atom. The third-order valence-corrected chi connectivity index (χ3v) is 4.46. The van der Waals surface area contributed by atoms with Gasteiger partial charge in [0.05, 0.1) is 11.4 Å². The SMILES string of the molecule is CCC(Br)C(NC(C)=O)(OCc1ccccc1)C(=O)OC(C)(C)C. The first-order valence-electron chi connectivity index (χ1n) is 7.95. The predicted octanol–water partition coefficient (Wildman–Crippen LogP) is 3.55. The van der Waals surface area contributed by atoms with Crippen molar-refractivity contribution in [2.24, 2.45) is 0 Å². The number of alkyl halides is 1. The van der Waals surface area contributed by atoms with Gasteiger partial charge < -0.3 is 14.8 Å². The molecule has 0 aliphatic carbocycles. The smallest absolute Gasteiger partial charge is 0.361 e. The maximum Gasteiger partial charge on any atom is 0.361 e. The molecule has 6 heteroatoms. The van der Waals surface area contributed by atoms with E-state index in [2.05, 4.69) is 21.2 Å². The van der Waals surface area contributed by atoms with Gasteiger partial charge in [-0.1, -0.05) is 53.2 Å². The quantitative estimate of drug-likeness (QED) is 0.432. The van der Waals surface area contributed by atoms with Gasteiger partial charge in [-0.3, -0.25) is 4.79 Å². The molecule has 0 spiro atoms. The van der Waals surface area contributed by atoms with Crippen LogP contribution in [0.15, 0.2) is 30.3 Å². The second-order valence-electron chi connectivity index (χ2n) is 6.57. The fourth-order valence-electron chi connectivity index (χ4n) is 2.12. The van der Waals surface area contributed by atoms with Crippen molar-refractivity contribution < 1.29 is 19.1 Å². The number of esters is 1. The maximum atomic E-state index is 12.8. The van der Waals surface area contributed by atoms with Gasteiger partial charge in [0.2, 0.25) is 5.91 Å². The molecule has 1 aromatic carbocycles. The molecule has 0 fully saturated rings. The third-order valence-electron chi connectivity index (χ3n) is 3.17. The summed E-state index contributed by atoms with van der Waals surface area (Å²) in [6, 6.07) is 9.46. The molecule has 1 amide bonds. The highest BCUT2D eigenvalue weighted by molar-refractivity contribution is 9.09. The van der Waals surface area contributed by atoms with Crippen LogP contribution in [0.4, 0.5) is 0 Å². The lowest BCUT2D eigenvalue weighted by molar-refractivity contribution is -0.192. The number of carbonyl (C=O) groups is 2. The normalized spacial score (nSPS) is 15.2. The number of halogens is 1. The summed E-state index contributed by atoms with van der Waals surface area (Å²) in [7, 11) is 0. The number of amides is 1. The molecule has 0 heterocycles. The van der Waals surface area contributed by atoms with Crippen LogP contribution in [0.1, 0.15) is 46.6 Å². The molecule has 24 heavy (non-hydrogen) atoms. The number of hydrogen-bond donors (Lipinski definition) is 1. The van der Waals surface area contributed by atoms with Gasteiger partial charge in [0.25, 0.3) is 5.72 Å². The van der Waals surface area contributed by atoms with Crippen molar-refractivity contribution in [1.29, 1.82) is 0 Å². The van der Waals surface area contributed by atoms with E-state index in [-0.39, 0.29) is 12.5 Å². The van der Waals surface area contributed by atoms with Crippen molar-refractivity contribution in [3.63, 3.8) is 0 Å². The summed E-state index contributed by atoms with van der Waals surface area (Å²) >= 11 is 3.47. The Morgan fingerprint density at radius 2 is 1.79 bits per heavy atom. The Morgan fingerprint density at radius 3 is 2.25 bits per heavy atom. The molecule has 0 bridgehead atoms. The van der Waals surface area contributed by atoms with E-state index < -0.39 is 22.1 Å². The second kappa shape index (κ2) is 8.62. The molecule has 2 atom stereocenters. The van der Waals surface area contributed by atoms with Gasteiger partial charge in [0.15, 0.2) is 0 Å². The molecule has 5 nitrogen and oxygen atoms in total. The molecule has 134 valence electrons. The monoisotopic (exact) mass is 399 g/mol. The highest BCUT2D eigenvalue weighted by Gasteiger charge is 2.49. The van der Waals surface area contributed by atoms with Gasteiger partial charge in [-0.15, -0.1) is 0 Å². The lowest BCUT2D eigenvalue weighted by Crippen LogP contribution is -2.63. The second-order valence-corrected chi connectivity index (χ2v) is 7.67. The Labute approximate surface area is 152 Å². The summed E-state index contributed by atoms with van der Waals surface area (Å²) in [5.41, 5.74) is -1.40. The molecule has 0 aromatic heterocycles. The van der Waals surface area contributed by atoms with E-state index in [1.807, 2.05) is 37.3 Å². The van der Waals surface area contributed by atoms with Crippen LogP contribution in [0.3, 0.4) is 0 Å². The van der Waals surface area contributed by atoms with E-state index >= 15 is 0 Å². The van der Waals surface area contributed by atoms with Crippen molar-refractivity contribution in [2.45, 2.75) is 63.8 Å². The number of nitrogens with one attached hydrogen (secondary N) is 1. The first-order valence-corrected chi connectivity index (χ1v) is 8.86. The zero-order chi connectivity index (χ0) is 18.4. The number of ether oxygens (including phenoxy) is 2. The maximum absolute atomic E-state index is 12.8. The topological polar surface area (TPSA) is 64.6 Å². The standard InChI is InChI=1S/C18H26BrNO4/c1-6-15(19)18(20-13(2)21,16(22)24-17(3,4)5)23-12-14-10-8-7-9-11-14/h7-11,15H,6,12H2,1-5H3,(H,20,21). The molecular weight excluding hydrogens is 374 g/mol. The molecule has 1 aromatic rings. The minimum atomic E-state index is -1.59. The van der Waals surface area contributed by atoms with E-state index in [0.717, 1.165) is 5.56 Å². The van der Waals surface area contributed by atoms with Gasteiger partial charge in [-0.25, -0.2) is 4.79 Å². The summed E-state index contributed by atoms with van der Waals surface area (Å²) in [6.45, 7) is 8.73. The molecule has 2 unspecified atom stereocenters. The molecule has 0 aliphatic rings. The van der Waals surface area contributed by atoms with Crippen molar-refractivity contribution >= 4 is 27.8 Å². The van der Waals surface area contributed by atoms with Gasteiger partial charge >= 0.3 is 5.97 Å². The van der Waals surface area contributed by atoms with Gasteiger partial charge in [-0.05, 0) is 32.8 Å². The van der Waals surface area contributed by atoms with E-state index in [0.29, 0.717) is 6.42 Å². The highest BCUT2D eigenvalue weighted by Crippen LogP contribution is 2.28. The van der Waals surface area contributed by atoms with Crippen LogP contribution in [0, 0.1) is 0 Å². The van der Waals surface area contributed by atoms with Crippen LogP contribution < -0.4 is 5.32 Å². The summed E-state index contributed by atoms with van der Waals surface area (Å²) in [4.78, 5) is 24.1. The Kier molecular flexibility index (Phi) is 7.42. The number of hydrogen-bond acceptors (Lipinski definition) is 4. The van der Waals surface area contributed by atoms with Crippen LogP contribution in [-0.2, 0) is 25.7 Å². The third kappa shape index (κ3) is 5.91. The van der Waals surface area contributed by atoms with Crippen LogP contribution in [-0.4, -0.2) is 28.0 Å². The molecule has 1 N–H and O–H groups in total. The molecular formula is C18H26BrNO4. The van der Waals surface area contributed by atoms with Crippen molar-refractivity contribution in [2.75, 3.05) is 0 Å². The summed E-state index contributed by atoms with van der Waals surface area (Å²) in [5.74, 6) is -0.989. The van der Waals surface area contributed by atoms with Gasteiger partial charge in [-0.2, -0.15) is 0 Å². The largest absolute Gasteiger partial charge is 0.456 e. The number of benzene rings is 1. The van der Waals surface area contributed by atoms with Crippen LogP contribution in [0.5, 0.6) is 0 Å². The first-order chi connectivity index (χ1) is 11.1. The fraction of sp³-hybridized carbons (Fsp3) is 0.556. The molecule has 0 saturated heterocycles. The molecule has 1 rings (SSSR count). The summed E-state index contributed by atoms with van der Waals surface area (Å²) in [6.07, 6.45) is 0.564. The average molecular weight is 400 g/mol. The van der Waals surface area contributed by atoms with Gasteiger partial charge in [0.1, 0.15) is 5.60 Å². The lowest BCUT2D eigenvalue weighted by Gasteiger charge is -2.37. The zero-order valence-corrected chi connectivity index (χ0v) is 16.5. The summed E-state index contributed by atoms with van der Waals surface area (Å²) < 4.78 is 11.4. The number of carbonyl (C=O) groups excluding carboxylic acids is 2. The van der Waals surface area contributed by atoms with E-state index in [1.54, 1.807) is 20.8 Å². The van der Waals surface area contributed by atoms with E-state index in [9.17, 15) is 9.59 Å². The fourth-order valence-corrected chi connectivity index (χ4v) is 2.55. The van der Waals surface area contributed by atoms with Gasteiger partial charge in [0, 0.05) is 6.92 Å². The minimum absolute atomic E-state index is 0.169. The van der Waals surface area contributed by atoms with Crippen molar-refractivity contribution in [3.8, 4) is 0 Å². The lowest BCUT2D eigenvalue weighted by atomic mass is 10.1. The van der Waals surface area contributed by atoms with Crippen LogP contribution >= 0.6 is 15.9 Å². The van der Waals surface area contributed by atoms with E-state index in [1.165, 1.54) is 6.92 Å². The van der Waals surface area contributed by atoms with Crippen LogP contribution in [0.25, 0.3) is 0 Å². The summed E-state index contributed by atoms with van der Waals surface area (Å²) in [5, 5.41) is 2.65.